The van der Waals surface area contributed by atoms with Crippen molar-refractivity contribution in [1.29, 1.82) is 0 Å². The molecule has 0 saturated heterocycles. The monoisotopic (exact) mass is 223 g/mol. The standard InChI is InChI=1S/C13H18FNO/c1-3-10(2)9-16-13-5-4-12(14)8-11(13)6-7-15/h4-5,8H,2-3,6-7,9,15H2,1H3. The van der Waals surface area contributed by atoms with E-state index in [1.165, 1.54) is 12.1 Å². The Kier molecular flexibility index (Phi) is 4.99. The third kappa shape index (κ3) is 3.66. The first-order chi connectivity index (χ1) is 7.67. The summed E-state index contributed by atoms with van der Waals surface area (Å²) in [5, 5.41) is 0. The fraction of sp³-hybridized carbons (Fsp3) is 0.385. The van der Waals surface area contributed by atoms with Gasteiger partial charge in [-0.3, -0.25) is 0 Å². The summed E-state index contributed by atoms with van der Waals surface area (Å²) in [5.74, 6) is 0.437. The van der Waals surface area contributed by atoms with E-state index in [0.717, 1.165) is 17.6 Å². The van der Waals surface area contributed by atoms with Crippen LogP contribution in [0, 0.1) is 5.82 Å². The van der Waals surface area contributed by atoms with Crippen molar-refractivity contribution in [2.75, 3.05) is 13.2 Å². The third-order valence-corrected chi connectivity index (χ3v) is 2.37. The Balaban J connectivity index is 2.73. The molecule has 0 saturated carbocycles. The first-order valence-corrected chi connectivity index (χ1v) is 5.45. The number of nitrogens with two attached hydrogens (primary N) is 1. The quantitative estimate of drug-likeness (QED) is 0.752. The van der Waals surface area contributed by atoms with Gasteiger partial charge >= 0.3 is 0 Å². The van der Waals surface area contributed by atoms with Crippen LogP contribution in [0.2, 0.25) is 0 Å². The van der Waals surface area contributed by atoms with Crippen LogP contribution < -0.4 is 10.5 Å². The van der Waals surface area contributed by atoms with Gasteiger partial charge in [-0.25, -0.2) is 4.39 Å². The van der Waals surface area contributed by atoms with Gasteiger partial charge in [-0.15, -0.1) is 0 Å². The summed E-state index contributed by atoms with van der Waals surface area (Å²) in [7, 11) is 0. The Morgan fingerprint density at radius 3 is 2.88 bits per heavy atom. The van der Waals surface area contributed by atoms with Gasteiger partial charge < -0.3 is 10.5 Å². The van der Waals surface area contributed by atoms with Crippen molar-refractivity contribution in [1.82, 2.24) is 0 Å². The van der Waals surface area contributed by atoms with Crippen LogP contribution in [0.1, 0.15) is 18.9 Å². The molecular weight excluding hydrogens is 205 g/mol. The third-order valence-electron chi connectivity index (χ3n) is 2.37. The van der Waals surface area contributed by atoms with Crippen LogP contribution in [0.25, 0.3) is 0 Å². The van der Waals surface area contributed by atoms with Crippen LogP contribution in [0.4, 0.5) is 4.39 Å². The molecule has 2 N–H and O–H groups in total. The van der Waals surface area contributed by atoms with Crippen molar-refractivity contribution in [3.8, 4) is 5.75 Å². The molecule has 0 atom stereocenters. The molecule has 0 spiro atoms. The molecule has 0 aromatic heterocycles. The predicted octanol–water partition coefficient (Wildman–Crippen LogP) is 2.67. The van der Waals surface area contributed by atoms with Gasteiger partial charge in [0, 0.05) is 0 Å². The number of rotatable bonds is 6. The number of hydrogen-bond acceptors (Lipinski definition) is 2. The van der Waals surface area contributed by atoms with E-state index in [9.17, 15) is 4.39 Å². The predicted molar refractivity (Wildman–Crippen MR) is 64.1 cm³/mol. The molecule has 0 bridgehead atoms. The average Bonchev–Trinajstić information content (AvgIpc) is 2.28. The molecule has 0 radical (unpaired) electrons. The molecule has 2 nitrogen and oxygen atoms in total. The summed E-state index contributed by atoms with van der Waals surface area (Å²) < 4.78 is 18.6. The molecule has 1 rings (SSSR count). The molecule has 3 heteroatoms. The first kappa shape index (κ1) is 12.7. The van der Waals surface area contributed by atoms with Gasteiger partial charge in [-0.05, 0) is 48.7 Å². The van der Waals surface area contributed by atoms with Gasteiger partial charge in [0.25, 0.3) is 0 Å². The van der Waals surface area contributed by atoms with Crippen LogP contribution in [-0.2, 0) is 6.42 Å². The van der Waals surface area contributed by atoms with E-state index in [1.54, 1.807) is 6.07 Å². The zero-order valence-electron chi connectivity index (χ0n) is 9.63. The minimum atomic E-state index is -0.259. The number of ether oxygens (including phenoxy) is 1. The Morgan fingerprint density at radius 2 is 2.25 bits per heavy atom. The minimum Gasteiger partial charge on any atom is -0.489 e. The van der Waals surface area contributed by atoms with Crippen molar-refractivity contribution in [3.63, 3.8) is 0 Å². The van der Waals surface area contributed by atoms with Gasteiger partial charge in [0.1, 0.15) is 18.2 Å². The van der Waals surface area contributed by atoms with E-state index in [2.05, 4.69) is 6.58 Å². The van der Waals surface area contributed by atoms with Crippen LogP contribution in [0.3, 0.4) is 0 Å². The van der Waals surface area contributed by atoms with E-state index in [4.69, 9.17) is 10.5 Å². The Bertz CT molecular complexity index is 363. The largest absolute Gasteiger partial charge is 0.489 e. The lowest BCUT2D eigenvalue weighted by molar-refractivity contribution is 0.344. The van der Waals surface area contributed by atoms with Crippen LogP contribution in [0.5, 0.6) is 5.75 Å². The second-order valence-corrected chi connectivity index (χ2v) is 3.68. The summed E-state index contributed by atoms with van der Waals surface area (Å²) in [6.45, 7) is 6.84. The molecule has 0 heterocycles. The molecule has 1 aromatic carbocycles. The second-order valence-electron chi connectivity index (χ2n) is 3.68. The molecule has 0 amide bonds. The van der Waals surface area contributed by atoms with E-state index in [1.807, 2.05) is 6.92 Å². The normalized spacial score (nSPS) is 10.2. The van der Waals surface area contributed by atoms with Gasteiger partial charge in [-0.2, -0.15) is 0 Å². The Morgan fingerprint density at radius 1 is 1.50 bits per heavy atom. The van der Waals surface area contributed by atoms with Crippen LogP contribution in [0.15, 0.2) is 30.4 Å². The van der Waals surface area contributed by atoms with Crippen molar-refractivity contribution in [2.24, 2.45) is 5.73 Å². The minimum absolute atomic E-state index is 0.259. The van der Waals surface area contributed by atoms with E-state index in [-0.39, 0.29) is 5.82 Å². The highest BCUT2D eigenvalue weighted by atomic mass is 19.1. The van der Waals surface area contributed by atoms with Gasteiger partial charge in [0.2, 0.25) is 0 Å². The molecule has 0 aliphatic heterocycles. The van der Waals surface area contributed by atoms with E-state index in [0.29, 0.717) is 25.3 Å². The van der Waals surface area contributed by atoms with Crippen molar-refractivity contribution in [3.05, 3.63) is 41.7 Å². The smallest absolute Gasteiger partial charge is 0.123 e. The zero-order chi connectivity index (χ0) is 12.0. The fourth-order valence-electron chi connectivity index (χ4n) is 1.32. The van der Waals surface area contributed by atoms with Crippen molar-refractivity contribution >= 4 is 0 Å². The molecule has 88 valence electrons. The van der Waals surface area contributed by atoms with E-state index < -0.39 is 0 Å². The van der Waals surface area contributed by atoms with Crippen LogP contribution in [-0.4, -0.2) is 13.2 Å². The molecule has 16 heavy (non-hydrogen) atoms. The summed E-state index contributed by atoms with van der Waals surface area (Å²) >= 11 is 0. The topological polar surface area (TPSA) is 35.2 Å². The Labute approximate surface area is 95.9 Å². The average molecular weight is 223 g/mol. The SMILES string of the molecule is C=C(CC)COc1ccc(F)cc1CCN. The van der Waals surface area contributed by atoms with Crippen molar-refractivity contribution in [2.45, 2.75) is 19.8 Å². The maximum atomic E-state index is 13.0. The first-order valence-electron chi connectivity index (χ1n) is 5.45. The number of halogens is 1. The van der Waals surface area contributed by atoms with E-state index >= 15 is 0 Å². The highest BCUT2D eigenvalue weighted by Crippen LogP contribution is 2.20. The maximum absolute atomic E-state index is 13.0. The van der Waals surface area contributed by atoms with Crippen LogP contribution >= 0.6 is 0 Å². The lowest BCUT2D eigenvalue weighted by Gasteiger charge is -2.11. The number of hydrogen-bond donors (Lipinski definition) is 1. The fourth-order valence-corrected chi connectivity index (χ4v) is 1.32. The summed E-state index contributed by atoms with van der Waals surface area (Å²) in [5.41, 5.74) is 7.29. The second kappa shape index (κ2) is 6.28. The van der Waals surface area contributed by atoms with Gasteiger partial charge in [0.05, 0.1) is 0 Å². The lowest BCUT2D eigenvalue weighted by Crippen LogP contribution is -2.07. The zero-order valence-corrected chi connectivity index (χ0v) is 9.63. The van der Waals surface area contributed by atoms with Gasteiger partial charge in [-0.1, -0.05) is 13.5 Å². The summed E-state index contributed by atoms with van der Waals surface area (Å²) in [4.78, 5) is 0. The maximum Gasteiger partial charge on any atom is 0.123 e. The molecular formula is C13H18FNO. The highest BCUT2D eigenvalue weighted by molar-refractivity contribution is 5.34. The van der Waals surface area contributed by atoms with Gasteiger partial charge in [0.15, 0.2) is 0 Å². The Hall–Kier alpha value is -1.35. The molecule has 0 aliphatic carbocycles. The molecule has 0 unspecified atom stereocenters. The molecule has 1 aromatic rings. The lowest BCUT2D eigenvalue weighted by atomic mass is 10.1. The molecule has 0 fully saturated rings. The molecule has 0 aliphatic rings. The summed E-state index contributed by atoms with van der Waals surface area (Å²) in [6.07, 6.45) is 1.50. The number of benzene rings is 1. The van der Waals surface area contributed by atoms with Crippen molar-refractivity contribution < 1.29 is 9.13 Å². The highest BCUT2D eigenvalue weighted by Gasteiger charge is 2.05. The summed E-state index contributed by atoms with van der Waals surface area (Å²) in [6, 6.07) is 4.50.